The summed E-state index contributed by atoms with van der Waals surface area (Å²) in [5, 5.41) is 0. The molecule has 2 saturated heterocycles. The van der Waals surface area contributed by atoms with Crippen molar-refractivity contribution in [1.82, 2.24) is 4.90 Å². The molecule has 0 N–H and O–H groups in total. The summed E-state index contributed by atoms with van der Waals surface area (Å²) in [6.07, 6.45) is 7.70. The largest absolute Gasteiger partial charge is 0.298 e. The molecule has 0 aliphatic carbocycles. The summed E-state index contributed by atoms with van der Waals surface area (Å²) in [7, 11) is 0. The molecule has 2 fully saturated rings. The van der Waals surface area contributed by atoms with E-state index in [1.807, 2.05) is 24.3 Å². The number of benzene rings is 2. The average molecular weight is 305 g/mol. The summed E-state index contributed by atoms with van der Waals surface area (Å²) in [6.45, 7) is 1.27. The highest BCUT2D eigenvalue weighted by Gasteiger charge is 2.35. The first kappa shape index (κ1) is 14.6. The van der Waals surface area contributed by atoms with Crippen molar-refractivity contribution in [1.29, 1.82) is 0 Å². The molecule has 0 aromatic heterocycles. The third-order valence-electron chi connectivity index (χ3n) is 5.52. The maximum Gasteiger partial charge on any atom is 0.150 e. The monoisotopic (exact) mass is 305 g/mol. The topological polar surface area (TPSA) is 20.3 Å². The van der Waals surface area contributed by atoms with E-state index in [1.54, 1.807) is 0 Å². The number of carbonyl (C=O) groups excluding carboxylic acids is 1. The highest BCUT2D eigenvalue weighted by molar-refractivity contribution is 5.76. The summed E-state index contributed by atoms with van der Waals surface area (Å²) in [4.78, 5) is 13.5. The van der Waals surface area contributed by atoms with Crippen LogP contribution in [0.3, 0.4) is 0 Å². The van der Waals surface area contributed by atoms with Gasteiger partial charge in [-0.05, 0) is 48.9 Å². The van der Waals surface area contributed by atoms with Gasteiger partial charge in [0.1, 0.15) is 6.29 Å². The van der Waals surface area contributed by atoms with Gasteiger partial charge in [-0.3, -0.25) is 9.69 Å². The lowest BCUT2D eigenvalue weighted by molar-refractivity contribution is 0.112. The summed E-state index contributed by atoms with van der Waals surface area (Å²) in [5.74, 6) is 0. The van der Waals surface area contributed by atoms with Gasteiger partial charge in [0, 0.05) is 17.6 Å². The van der Waals surface area contributed by atoms with Gasteiger partial charge in [0.15, 0.2) is 0 Å². The van der Waals surface area contributed by atoms with Gasteiger partial charge >= 0.3 is 0 Å². The Morgan fingerprint density at radius 3 is 2.22 bits per heavy atom. The van der Waals surface area contributed by atoms with Crippen LogP contribution >= 0.6 is 0 Å². The molecule has 2 heterocycles. The molecule has 2 unspecified atom stereocenters. The maximum atomic E-state index is 10.8. The zero-order valence-electron chi connectivity index (χ0n) is 13.4. The molecular weight excluding hydrogens is 282 g/mol. The molecular formula is C21H23NO. The summed E-state index contributed by atoms with van der Waals surface area (Å²) < 4.78 is 0. The molecule has 0 spiro atoms. The van der Waals surface area contributed by atoms with Crippen LogP contribution in [0.4, 0.5) is 0 Å². The average Bonchev–Trinajstić information content (AvgIpc) is 3.06. The van der Waals surface area contributed by atoms with Crippen molar-refractivity contribution < 1.29 is 4.79 Å². The van der Waals surface area contributed by atoms with E-state index in [-0.39, 0.29) is 0 Å². The van der Waals surface area contributed by atoms with Crippen LogP contribution in [0.2, 0.25) is 0 Å². The van der Waals surface area contributed by atoms with Crippen molar-refractivity contribution in [2.75, 3.05) is 6.54 Å². The van der Waals surface area contributed by atoms with Crippen LogP contribution in [-0.2, 0) is 0 Å². The van der Waals surface area contributed by atoms with E-state index in [4.69, 9.17) is 0 Å². The Labute approximate surface area is 138 Å². The minimum Gasteiger partial charge on any atom is -0.298 e. The van der Waals surface area contributed by atoms with Crippen molar-refractivity contribution in [3.05, 3.63) is 59.7 Å². The molecule has 2 aromatic carbocycles. The van der Waals surface area contributed by atoms with Crippen LogP contribution in [0.25, 0.3) is 11.1 Å². The first-order valence-electron chi connectivity index (χ1n) is 8.76. The highest BCUT2D eigenvalue weighted by atomic mass is 16.1. The Morgan fingerprint density at radius 1 is 0.826 bits per heavy atom. The Balaban J connectivity index is 1.54. The lowest BCUT2D eigenvalue weighted by Crippen LogP contribution is -2.35. The van der Waals surface area contributed by atoms with Gasteiger partial charge in [0.2, 0.25) is 0 Å². The molecule has 2 nitrogen and oxygen atoms in total. The number of carbonyl (C=O) groups is 1. The molecule has 0 amide bonds. The molecule has 2 aromatic rings. The summed E-state index contributed by atoms with van der Waals surface area (Å²) in [6, 6.07) is 18.3. The Hall–Kier alpha value is -1.93. The fraction of sp³-hybridized carbons (Fsp3) is 0.381. The number of fused-ring (bicyclic) bond motifs is 1. The van der Waals surface area contributed by atoms with Crippen molar-refractivity contribution >= 4 is 6.29 Å². The summed E-state index contributed by atoms with van der Waals surface area (Å²) >= 11 is 0. The fourth-order valence-electron chi connectivity index (χ4n) is 4.27. The molecule has 118 valence electrons. The van der Waals surface area contributed by atoms with E-state index in [1.165, 1.54) is 55.3 Å². The summed E-state index contributed by atoms with van der Waals surface area (Å²) in [5.41, 5.74) is 4.58. The van der Waals surface area contributed by atoms with Gasteiger partial charge in [-0.25, -0.2) is 0 Å². The normalized spacial score (nSPS) is 24.3. The molecule has 2 aliphatic heterocycles. The van der Waals surface area contributed by atoms with Gasteiger partial charge in [-0.2, -0.15) is 0 Å². The lowest BCUT2D eigenvalue weighted by Gasteiger charge is -2.34. The van der Waals surface area contributed by atoms with E-state index in [2.05, 4.69) is 29.2 Å². The number of hydrogen-bond acceptors (Lipinski definition) is 2. The smallest absolute Gasteiger partial charge is 0.150 e. The minimum absolute atomic E-state index is 0.617. The molecule has 2 aliphatic rings. The van der Waals surface area contributed by atoms with E-state index >= 15 is 0 Å². The molecule has 23 heavy (non-hydrogen) atoms. The molecule has 0 bridgehead atoms. The van der Waals surface area contributed by atoms with Crippen LogP contribution in [0.5, 0.6) is 0 Å². The zero-order chi connectivity index (χ0) is 15.6. The Kier molecular flexibility index (Phi) is 4.00. The standard InChI is InChI=1S/C21H23NO/c23-15-16-4-6-17(7-5-16)18-8-10-19(11-9-18)21-13-12-20-3-1-2-14-22(20)21/h4-11,15,20-21H,1-3,12-14H2. The van der Waals surface area contributed by atoms with Gasteiger partial charge in [0.05, 0.1) is 0 Å². The van der Waals surface area contributed by atoms with Gasteiger partial charge in [0.25, 0.3) is 0 Å². The molecule has 0 radical (unpaired) electrons. The number of aldehydes is 1. The predicted molar refractivity (Wildman–Crippen MR) is 93.6 cm³/mol. The van der Waals surface area contributed by atoms with E-state index < -0.39 is 0 Å². The predicted octanol–water partition coefficient (Wildman–Crippen LogP) is 4.86. The second-order valence-corrected chi connectivity index (χ2v) is 6.84. The van der Waals surface area contributed by atoms with Gasteiger partial charge in [-0.1, -0.05) is 55.0 Å². The first-order chi connectivity index (χ1) is 11.3. The second kappa shape index (κ2) is 6.29. The van der Waals surface area contributed by atoms with Gasteiger partial charge in [-0.15, -0.1) is 0 Å². The molecule has 0 saturated carbocycles. The van der Waals surface area contributed by atoms with Gasteiger partial charge < -0.3 is 0 Å². The Bertz CT molecular complexity index is 674. The first-order valence-corrected chi connectivity index (χ1v) is 8.76. The lowest BCUT2D eigenvalue weighted by atomic mass is 9.99. The van der Waals surface area contributed by atoms with Crippen molar-refractivity contribution in [2.45, 2.75) is 44.2 Å². The van der Waals surface area contributed by atoms with E-state index in [0.29, 0.717) is 6.04 Å². The van der Waals surface area contributed by atoms with Crippen molar-refractivity contribution in [2.24, 2.45) is 0 Å². The van der Waals surface area contributed by atoms with E-state index in [0.717, 1.165) is 17.9 Å². The molecule has 2 heteroatoms. The SMILES string of the molecule is O=Cc1ccc(-c2ccc(C3CCC4CCCCN43)cc2)cc1. The van der Waals surface area contributed by atoms with Crippen LogP contribution in [0, 0.1) is 0 Å². The van der Waals surface area contributed by atoms with Crippen LogP contribution in [0.1, 0.15) is 54.1 Å². The number of hydrogen-bond donors (Lipinski definition) is 0. The fourth-order valence-corrected chi connectivity index (χ4v) is 4.27. The number of nitrogens with zero attached hydrogens (tertiary/aromatic N) is 1. The van der Waals surface area contributed by atoms with Crippen molar-refractivity contribution in [3.8, 4) is 11.1 Å². The minimum atomic E-state index is 0.617. The third-order valence-corrected chi connectivity index (χ3v) is 5.52. The third kappa shape index (κ3) is 2.84. The molecule has 2 atom stereocenters. The van der Waals surface area contributed by atoms with Crippen LogP contribution in [-0.4, -0.2) is 23.8 Å². The maximum absolute atomic E-state index is 10.8. The van der Waals surface area contributed by atoms with Crippen LogP contribution < -0.4 is 0 Å². The quantitative estimate of drug-likeness (QED) is 0.755. The van der Waals surface area contributed by atoms with Crippen LogP contribution in [0.15, 0.2) is 48.5 Å². The number of rotatable bonds is 3. The highest BCUT2D eigenvalue weighted by Crippen LogP contribution is 2.40. The van der Waals surface area contributed by atoms with Crippen molar-refractivity contribution in [3.63, 3.8) is 0 Å². The Morgan fingerprint density at radius 2 is 1.52 bits per heavy atom. The number of piperidine rings is 1. The zero-order valence-corrected chi connectivity index (χ0v) is 13.4. The van der Waals surface area contributed by atoms with E-state index in [9.17, 15) is 4.79 Å². The second-order valence-electron chi connectivity index (χ2n) is 6.84. The molecule has 4 rings (SSSR count).